The van der Waals surface area contributed by atoms with Crippen LogP contribution in [0.2, 0.25) is 0 Å². The first-order valence-corrected chi connectivity index (χ1v) is 7.80. The van der Waals surface area contributed by atoms with Gasteiger partial charge < -0.3 is 15.3 Å². The van der Waals surface area contributed by atoms with E-state index >= 15 is 0 Å². The number of amides is 2. The van der Waals surface area contributed by atoms with Gasteiger partial charge in [-0.25, -0.2) is 4.79 Å². The van der Waals surface area contributed by atoms with Gasteiger partial charge in [-0.1, -0.05) is 6.07 Å². The van der Waals surface area contributed by atoms with Crippen LogP contribution in [-0.4, -0.2) is 40.9 Å². The third kappa shape index (κ3) is 5.73. The first-order chi connectivity index (χ1) is 10.9. The van der Waals surface area contributed by atoms with Crippen molar-refractivity contribution in [3.05, 3.63) is 29.3 Å². The van der Waals surface area contributed by atoms with Gasteiger partial charge in [0, 0.05) is 31.6 Å². The van der Waals surface area contributed by atoms with Crippen LogP contribution in [0.15, 0.2) is 18.2 Å². The molecule has 0 bridgehead atoms. The highest BCUT2D eigenvalue weighted by molar-refractivity contribution is 5.94. The number of aryl methyl sites for hydroxylation is 1. The summed E-state index contributed by atoms with van der Waals surface area (Å²) >= 11 is 0. The second-order valence-electron chi connectivity index (χ2n) is 5.30. The Hall–Kier alpha value is -2.37. The minimum absolute atomic E-state index is 0.0480. The Balaban J connectivity index is 2.53. The van der Waals surface area contributed by atoms with Gasteiger partial charge in [-0.15, -0.1) is 0 Å². The molecule has 126 valence electrons. The lowest BCUT2D eigenvalue weighted by Gasteiger charge is -2.18. The Labute approximate surface area is 136 Å². The molecular formula is C17H24N2O4. The molecule has 0 aromatic heterocycles. The maximum absolute atomic E-state index is 12.0. The molecule has 0 atom stereocenters. The van der Waals surface area contributed by atoms with Crippen LogP contribution in [0.25, 0.3) is 0 Å². The second-order valence-corrected chi connectivity index (χ2v) is 5.30. The highest BCUT2D eigenvalue weighted by Gasteiger charge is 2.12. The number of carboxylic acid groups (broad SMARTS) is 1. The quantitative estimate of drug-likeness (QED) is 0.771. The zero-order valence-corrected chi connectivity index (χ0v) is 13.9. The summed E-state index contributed by atoms with van der Waals surface area (Å²) in [5, 5.41) is 11.7. The highest BCUT2D eigenvalue weighted by atomic mass is 16.4. The number of carboxylic acids is 1. The van der Waals surface area contributed by atoms with Crippen molar-refractivity contribution < 1.29 is 19.5 Å². The molecule has 1 aromatic rings. The number of anilines is 1. The monoisotopic (exact) mass is 320 g/mol. The van der Waals surface area contributed by atoms with Crippen LogP contribution in [0, 0.1) is 6.92 Å². The summed E-state index contributed by atoms with van der Waals surface area (Å²) in [6.07, 6.45) is 1.03. The van der Waals surface area contributed by atoms with Crippen LogP contribution in [-0.2, 0) is 9.59 Å². The highest BCUT2D eigenvalue weighted by Crippen LogP contribution is 2.17. The van der Waals surface area contributed by atoms with E-state index in [-0.39, 0.29) is 23.8 Å². The van der Waals surface area contributed by atoms with Crippen molar-refractivity contribution in [2.24, 2.45) is 0 Å². The van der Waals surface area contributed by atoms with E-state index < -0.39 is 5.97 Å². The summed E-state index contributed by atoms with van der Waals surface area (Å²) in [6, 6.07) is 4.59. The Bertz CT molecular complexity index is 580. The number of benzene rings is 1. The molecule has 0 unspecified atom stereocenters. The summed E-state index contributed by atoms with van der Waals surface area (Å²) < 4.78 is 0. The van der Waals surface area contributed by atoms with Crippen LogP contribution in [0.4, 0.5) is 5.69 Å². The normalized spacial score (nSPS) is 10.2. The van der Waals surface area contributed by atoms with E-state index in [0.29, 0.717) is 31.6 Å². The molecule has 0 spiro atoms. The molecule has 0 aliphatic rings. The van der Waals surface area contributed by atoms with Crippen LogP contribution in [0.1, 0.15) is 49.0 Å². The molecule has 0 radical (unpaired) electrons. The number of nitrogens with zero attached hydrogens (tertiary/aromatic N) is 1. The van der Waals surface area contributed by atoms with Crippen molar-refractivity contribution in [2.75, 3.05) is 18.4 Å². The lowest BCUT2D eigenvalue weighted by Crippen LogP contribution is -2.30. The summed E-state index contributed by atoms with van der Waals surface area (Å²) in [6.45, 7) is 6.98. The van der Waals surface area contributed by atoms with E-state index in [9.17, 15) is 14.4 Å². The Kier molecular flexibility index (Phi) is 7.25. The first kappa shape index (κ1) is 18.7. The topological polar surface area (TPSA) is 86.7 Å². The van der Waals surface area contributed by atoms with Gasteiger partial charge in [0.2, 0.25) is 11.8 Å². The smallest absolute Gasteiger partial charge is 0.335 e. The van der Waals surface area contributed by atoms with Crippen molar-refractivity contribution in [3.8, 4) is 0 Å². The van der Waals surface area contributed by atoms with E-state index in [0.717, 1.165) is 5.56 Å². The number of hydrogen-bond donors (Lipinski definition) is 2. The Morgan fingerprint density at radius 1 is 1.13 bits per heavy atom. The van der Waals surface area contributed by atoms with Crippen molar-refractivity contribution in [1.29, 1.82) is 0 Å². The first-order valence-electron chi connectivity index (χ1n) is 7.80. The Morgan fingerprint density at radius 2 is 1.78 bits per heavy atom. The predicted octanol–water partition coefficient (Wildman–Crippen LogP) is 2.67. The van der Waals surface area contributed by atoms with Crippen LogP contribution in [0.3, 0.4) is 0 Å². The standard InChI is InChI=1S/C17H24N2O4/c1-4-19(5-2)16(21)8-6-7-15(20)18-14-11-13(17(22)23)10-9-12(14)3/h9-11H,4-8H2,1-3H3,(H,18,20)(H,22,23). The van der Waals surface area contributed by atoms with Gasteiger partial charge in [0.15, 0.2) is 0 Å². The van der Waals surface area contributed by atoms with E-state index in [4.69, 9.17) is 5.11 Å². The molecule has 0 fully saturated rings. The minimum Gasteiger partial charge on any atom is -0.478 e. The second kappa shape index (κ2) is 8.92. The summed E-state index contributed by atoms with van der Waals surface area (Å²) in [5.74, 6) is -1.21. The maximum atomic E-state index is 12.0. The zero-order chi connectivity index (χ0) is 17.4. The molecular weight excluding hydrogens is 296 g/mol. The number of carbonyl (C=O) groups is 3. The number of carbonyl (C=O) groups excluding carboxylic acids is 2. The van der Waals surface area contributed by atoms with Gasteiger partial charge in [0.25, 0.3) is 0 Å². The van der Waals surface area contributed by atoms with Gasteiger partial charge in [-0.05, 0) is 44.9 Å². The van der Waals surface area contributed by atoms with E-state index in [1.54, 1.807) is 17.9 Å². The maximum Gasteiger partial charge on any atom is 0.335 e. The van der Waals surface area contributed by atoms with Gasteiger partial charge in [-0.2, -0.15) is 0 Å². The van der Waals surface area contributed by atoms with Gasteiger partial charge in [0.1, 0.15) is 0 Å². The van der Waals surface area contributed by atoms with Crippen molar-refractivity contribution in [2.45, 2.75) is 40.0 Å². The van der Waals surface area contributed by atoms with Crippen LogP contribution >= 0.6 is 0 Å². The molecule has 23 heavy (non-hydrogen) atoms. The fraction of sp³-hybridized carbons (Fsp3) is 0.471. The number of rotatable bonds is 8. The molecule has 2 amide bonds. The molecule has 1 rings (SSSR count). The predicted molar refractivity (Wildman–Crippen MR) is 88.5 cm³/mol. The number of hydrogen-bond acceptors (Lipinski definition) is 3. The molecule has 6 nitrogen and oxygen atoms in total. The van der Waals surface area contributed by atoms with Crippen molar-refractivity contribution >= 4 is 23.5 Å². The lowest BCUT2D eigenvalue weighted by molar-refractivity contribution is -0.131. The number of nitrogens with one attached hydrogen (secondary N) is 1. The SMILES string of the molecule is CCN(CC)C(=O)CCCC(=O)Nc1cc(C(=O)O)ccc1C. The summed E-state index contributed by atoms with van der Waals surface area (Å²) in [7, 11) is 0. The van der Waals surface area contributed by atoms with Gasteiger partial charge >= 0.3 is 5.97 Å². The summed E-state index contributed by atoms with van der Waals surface area (Å²) in [5.41, 5.74) is 1.41. The van der Waals surface area contributed by atoms with Gasteiger partial charge in [0.05, 0.1) is 5.56 Å². The van der Waals surface area contributed by atoms with Crippen molar-refractivity contribution in [3.63, 3.8) is 0 Å². The Morgan fingerprint density at radius 3 is 2.35 bits per heavy atom. The molecule has 0 aliphatic carbocycles. The molecule has 2 N–H and O–H groups in total. The van der Waals surface area contributed by atoms with E-state index in [1.165, 1.54) is 12.1 Å². The van der Waals surface area contributed by atoms with Crippen LogP contribution in [0.5, 0.6) is 0 Å². The number of aromatic carboxylic acids is 1. The molecule has 0 heterocycles. The average molecular weight is 320 g/mol. The molecule has 0 saturated heterocycles. The third-order valence-corrected chi connectivity index (χ3v) is 3.67. The average Bonchev–Trinajstić information content (AvgIpc) is 2.50. The fourth-order valence-electron chi connectivity index (χ4n) is 2.24. The van der Waals surface area contributed by atoms with Crippen LogP contribution < -0.4 is 5.32 Å². The lowest BCUT2D eigenvalue weighted by atomic mass is 10.1. The largest absolute Gasteiger partial charge is 0.478 e. The fourth-order valence-corrected chi connectivity index (χ4v) is 2.24. The minimum atomic E-state index is -1.04. The van der Waals surface area contributed by atoms with Crippen molar-refractivity contribution in [1.82, 2.24) is 4.90 Å². The van der Waals surface area contributed by atoms with E-state index in [1.807, 2.05) is 13.8 Å². The third-order valence-electron chi connectivity index (χ3n) is 3.67. The molecule has 0 aliphatic heterocycles. The van der Waals surface area contributed by atoms with E-state index in [2.05, 4.69) is 5.32 Å². The molecule has 6 heteroatoms. The molecule has 1 aromatic carbocycles. The molecule has 0 saturated carbocycles. The summed E-state index contributed by atoms with van der Waals surface area (Å²) in [4.78, 5) is 36.5. The van der Waals surface area contributed by atoms with Gasteiger partial charge in [-0.3, -0.25) is 9.59 Å². The zero-order valence-electron chi connectivity index (χ0n) is 13.9.